The molecule has 3 nitrogen and oxygen atoms in total. The monoisotopic (exact) mass is 179 g/mol. The maximum Gasteiger partial charge on any atom is 0.0824 e. The Morgan fingerprint density at radius 3 is 2.85 bits per heavy atom. The minimum atomic E-state index is 0.902. The third-order valence-corrected chi connectivity index (χ3v) is 2.82. The maximum atomic E-state index is 4.29. The van der Waals surface area contributed by atoms with E-state index in [1.165, 1.54) is 24.9 Å². The number of aryl methyl sites for hydroxylation is 2. The van der Waals surface area contributed by atoms with Gasteiger partial charge in [0.15, 0.2) is 0 Å². The van der Waals surface area contributed by atoms with E-state index in [1.807, 2.05) is 24.9 Å². The third-order valence-electron chi connectivity index (χ3n) is 2.82. The molecule has 2 rings (SSSR count). The summed E-state index contributed by atoms with van der Waals surface area (Å²) in [5.74, 6) is 0.902. The van der Waals surface area contributed by atoms with Gasteiger partial charge in [-0.3, -0.25) is 4.68 Å². The van der Waals surface area contributed by atoms with Gasteiger partial charge in [-0.2, -0.15) is 5.10 Å². The summed E-state index contributed by atoms with van der Waals surface area (Å²) in [7, 11) is 1.96. The molecule has 0 bridgehead atoms. The van der Waals surface area contributed by atoms with Crippen molar-refractivity contribution >= 4 is 5.69 Å². The van der Waals surface area contributed by atoms with Crippen LogP contribution < -0.4 is 5.32 Å². The van der Waals surface area contributed by atoms with Gasteiger partial charge in [0, 0.05) is 19.8 Å². The molecule has 1 aliphatic carbocycles. The molecule has 0 radical (unpaired) electrons. The molecule has 1 fully saturated rings. The zero-order valence-corrected chi connectivity index (χ0v) is 8.38. The highest BCUT2D eigenvalue weighted by Crippen LogP contribution is 2.26. The van der Waals surface area contributed by atoms with Gasteiger partial charge in [0.1, 0.15) is 0 Å². The molecule has 0 saturated heterocycles. The fourth-order valence-electron chi connectivity index (χ4n) is 1.72. The molecule has 1 aromatic rings. The van der Waals surface area contributed by atoms with Crippen molar-refractivity contribution in [3.05, 3.63) is 11.9 Å². The van der Waals surface area contributed by atoms with Gasteiger partial charge in [0.2, 0.25) is 0 Å². The fourth-order valence-corrected chi connectivity index (χ4v) is 1.72. The highest BCUT2D eigenvalue weighted by Gasteiger charge is 2.17. The number of hydrogen-bond donors (Lipinski definition) is 1. The molecule has 1 heterocycles. The minimum absolute atomic E-state index is 0.902. The van der Waals surface area contributed by atoms with Crippen molar-refractivity contribution in [1.82, 2.24) is 9.78 Å². The lowest BCUT2D eigenvalue weighted by Crippen LogP contribution is -2.20. The van der Waals surface area contributed by atoms with Gasteiger partial charge in [-0.1, -0.05) is 6.42 Å². The first kappa shape index (κ1) is 8.60. The molecule has 0 aromatic carbocycles. The van der Waals surface area contributed by atoms with Crippen molar-refractivity contribution < 1.29 is 0 Å². The largest absolute Gasteiger partial charge is 0.382 e. The molecular formula is C10H17N3. The predicted molar refractivity (Wildman–Crippen MR) is 53.8 cm³/mol. The van der Waals surface area contributed by atoms with Gasteiger partial charge < -0.3 is 5.32 Å². The van der Waals surface area contributed by atoms with Gasteiger partial charge in [-0.25, -0.2) is 0 Å². The van der Waals surface area contributed by atoms with Crippen LogP contribution in [0, 0.1) is 12.8 Å². The first-order valence-electron chi connectivity index (χ1n) is 5.00. The summed E-state index contributed by atoms with van der Waals surface area (Å²) in [6.07, 6.45) is 6.25. The van der Waals surface area contributed by atoms with E-state index in [4.69, 9.17) is 0 Å². The van der Waals surface area contributed by atoms with Crippen molar-refractivity contribution in [2.75, 3.05) is 11.9 Å². The second-order valence-electron chi connectivity index (χ2n) is 3.98. The Bertz CT molecular complexity index is 286. The maximum absolute atomic E-state index is 4.29. The number of anilines is 1. The van der Waals surface area contributed by atoms with Crippen LogP contribution in [0.15, 0.2) is 6.20 Å². The first-order chi connectivity index (χ1) is 6.25. The fraction of sp³-hybridized carbons (Fsp3) is 0.700. The van der Waals surface area contributed by atoms with Crippen LogP contribution in [-0.4, -0.2) is 16.3 Å². The third kappa shape index (κ3) is 1.85. The molecule has 0 aliphatic heterocycles. The smallest absolute Gasteiger partial charge is 0.0824 e. The Kier molecular flexibility index (Phi) is 2.25. The summed E-state index contributed by atoms with van der Waals surface area (Å²) in [5, 5.41) is 7.74. The van der Waals surface area contributed by atoms with Crippen molar-refractivity contribution in [3.63, 3.8) is 0 Å². The van der Waals surface area contributed by atoms with Gasteiger partial charge in [-0.15, -0.1) is 0 Å². The zero-order chi connectivity index (χ0) is 9.26. The molecule has 1 aliphatic rings. The topological polar surface area (TPSA) is 29.9 Å². The van der Waals surface area contributed by atoms with Crippen LogP contribution >= 0.6 is 0 Å². The van der Waals surface area contributed by atoms with Gasteiger partial charge in [0.05, 0.1) is 11.4 Å². The second-order valence-corrected chi connectivity index (χ2v) is 3.98. The van der Waals surface area contributed by atoms with Crippen LogP contribution in [0.4, 0.5) is 5.69 Å². The van der Waals surface area contributed by atoms with Crippen molar-refractivity contribution in [3.8, 4) is 0 Å². The molecule has 1 N–H and O–H groups in total. The van der Waals surface area contributed by atoms with Gasteiger partial charge in [0.25, 0.3) is 0 Å². The summed E-state index contributed by atoms with van der Waals surface area (Å²) in [5.41, 5.74) is 2.29. The van der Waals surface area contributed by atoms with E-state index in [1.54, 1.807) is 0 Å². The summed E-state index contributed by atoms with van der Waals surface area (Å²) in [6.45, 7) is 3.16. The van der Waals surface area contributed by atoms with E-state index >= 15 is 0 Å². The lowest BCUT2D eigenvalue weighted by molar-refractivity contribution is 0.333. The molecule has 13 heavy (non-hydrogen) atoms. The average molecular weight is 179 g/mol. The number of nitrogens with zero attached hydrogens (tertiary/aromatic N) is 2. The molecular weight excluding hydrogens is 162 g/mol. The van der Waals surface area contributed by atoms with E-state index in [9.17, 15) is 0 Å². The Hall–Kier alpha value is -0.990. The van der Waals surface area contributed by atoms with E-state index in [0.29, 0.717) is 0 Å². The number of rotatable bonds is 3. The number of hydrogen-bond acceptors (Lipinski definition) is 2. The van der Waals surface area contributed by atoms with E-state index in [2.05, 4.69) is 10.4 Å². The molecule has 0 spiro atoms. The first-order valence-corrected chi connectivity index (χ1v) is 5.00. The molecule has 72 valence electrons. The predicted octanol–water partition coefficient (Wildman–Crippen LogP) is 1.94. The van der Waals surface area contributed by atoms with E-state index < -0.39 is 0 Å². The normalized spacial score (nSPS) is 17.1. The summed E-state index contributed by atoms with van der Waals surface area (Å²) in [4.78, 5) is 0. The van der Waals surface area contributed by atoms with Crippen molar-refractivity contribution in [1.29, 1.82) is 0 Å². The second kappa shape index (κ2) is 3.40. The Labute approximate surface area is 79.1 Å². The highest BCUT2D eigenvalue weighted by molar-refractivity contribution is 5.45. The van der Waals surface area contributed by atoms with Crippen LogP contribution in [0.3, 0.4) is 0 Å². The van der Waals surface area contributed by atoms with Crippen LogP contribution in [0.2, 0.25) is 0 Å². The average Bonchev–Trinajstić information content (AvgIpc) is 2.27. The highest BCUT2D eigenvalue weighted by atomic mass is 15.3. The summed E-state index contributed by atoms with van der Waals surface area (Å²) in [6, 6.07) is 0. The molecule has 1 saturated carbocycles. The zero-order valence-electron chi connectivity index (χ0n) is 8.38. The van der Waals surface area contributed by atoms with Crippen LogP contribution in [0.5, 0.6) is 0 Å². The molecule has 0 atom stereocenters. The standard InChI is InChI=1S/C10H17N3/c1-8-10(7-13(2)12-8)11-6-9-4-3-5-9/h7,9,11H,3-6H2,1-2H3. The Morgan fingerprint density at radius 2 is 2.38 bits per heavy atom. The van der Waals surface area contributed by atoms with Gasteiger partial charge >= 0.3 is 0 Å². The van der Waals surface area contributed by atoms with Crippen LogP contribution in [0.1, 0.15) is 25.0 Å². The molecule has 1 aromatic heterocycles. The van der Waals surface area contributed by atoms with Crippen molar-refractivity contribution in [2.45, 2.75) is 26.2 Å². The van der Waals surface area contributed by atoms with E-state index in [0.717, 1.165) is 18.2 Å². The van der Waals surface area contributed by atoms with Crippen LogP contribution in [-0.2, 0) is 7.05 Å². The molecule has 0 amide bonds. The van der Waals surface area contributed by atoms with Crippen LogP contribution in [0.25, 0.3) is 0 Å². The summed E-state index contributed by atoms with van der Waals surface area (Å²) >= 11 is 0. The molecule has 3 heteroatoms. The summed E-state index contributed by atoms with van der Waals surface area (Å²) < 4.78 is 1.86. The minimum Gasteiger partial charge on any atom is -0.382 e. The number of nitrogens with one attached hydrogen (secondary N) is 1. The number of aromatic nitrogens is 2. The Morgan fingerprint density at radius 1 is 1.62 bits per heavy atom. The van der Waals surface area contributed by atoms with E-state index in [-0.39, 0.29) is 0 Å². The van der Waals surface area contributed by atoms with Crippen molar-refractivity contribution in [2.24, 2.45) is 13.0 Å². The van der Waals surface area contributed by atoms with Gasteiger partial charge in [-0.05, 0) is 25.7 Å². The lowest BCUT2D eigenvalue weighted by atomic mass is 9.85. The molecule has 0 unspecified atom stereocenters. The quantitative estimate of drug-likeness (QED) is 0.768. The lowest BCUT2D eigenvalue weighted by Gasteiger charge is -2.25. The Balaban J connectivity index is 1.89. The SMILES string of the molecule is Cc1nn(C)cc1NCC1CCC1.